The maximum absolute atomic E-state index is 5.08. The van der Waals surface area contributed by atoms with Crippen molar-refractivity contribution < 1.29 is 4.42 Å². The van der Waals surface area contributed by atoms with Gasteiger partial charge in [0.15, 0.2) is 0 Å². The van der Waals surface area contributed by atoms with Crippen LogP contribution < -0.4 is 0 Å². The molecule has 0 unspecified atom stereocenters. The van der Waals surface area contributed by atoms with Crippen molar-refractivity contribution in [2.24, 2.45) is 0 Å². The molecular weight excluding hydrogens is 192 g/mol. The molecule has 76 valence electrons. The molecule has 0 fully saturated rings. The highest BCUT2D eigenvalue weighted by molar-refractivity contribution is 7.11. The molecule has 2 aromatic rings. The van der Waals surface area contributed by atoms with Crippen molar-refractivity contribution in [1.29, 1.82) is 0 Å². The normalized spacial score (nSPS) is 9.43. The lowest BCUT2D eigenvalue weighted by Crippen LogP contribution is -1.53. The first-order chi connectivity index (χ1) is 6.58. The molecule has 0 amide bonds. The summed E-state index contributed by atoms with van der Waals surface area (Å²) in [4.78, 5) is 2.80. The fourth-order valence-corrected chi connectivity index (χ4v) is 1.89. The van der Waals surface area contributed by atoms with E-state index in [0.717, 1.165) is 11.5 Å². The molecule has 0 bridgehead atoms. The molecule has 0 aliphatic heterocycles. The lowest BCUT2D eigenvalue weighted by Gasteiger charge is -1.76. The highest BCUT2D eigenvalue weighted by Crippen LogP contribution is 2.12. The van der Waals surface area contributed by atoms with E-state index in [1.165, 1.54) is 9.75 Å². The van der Waals surface area contributed by atoms with E-state index >= 15 is 0 Å². The Balaban J connectivity index is 0.000000140. The van der Waals surface area contributed by atoms with Crippen LogP contribution in [0.4, 0.5) is 0 Å². The Labute approximate surface area is 89.4 Å². The molecule has 0 saturated carbocycles. The van der Waals surface area contributed by atoms with E-state index in [2.05, 4.69) is 26.0 Å². The van der Waals surface area contributed by atoms with Gasteiger partial charge >= 0.3 is 0 Å². The molecule has 0 aliphatic rings. The van der Waals surface area contributed by atoms with Crippen LogP contribution in [-0.2, 0) is 0 Å². The maximum Gasteiger partial charge on any atom is 0.101 e. The Kier molecular flexibility index (Phi) is 3.96. The standard InChI is InChI=1S/C6H8O.C6H8S/c2*1-5-3-4-6(2)7-5/h2*3-4H,1-2H3. The van der Waals surface area contributed by atoms with Crippen LogP contribution in [-0.4, -0.2) is 0 Å². The van der Waals surface area contributed by atoms with Crippen LogP contribution in [0.15, 0.2) is 28.7 Å². The molecule has 0 aromatic carbocycles. The zero-order valence-corrected chi connectivity index (χ0v) is 9.94. The quantitative estimate of drug-likeness (QED) is 0.630. The van der Waals surface area contributed by atoms with Crippen LogP contribution in [0.5, 0.6) is 0 Å². The largest absolute Gasteiger partial charge is 0.467 e. The summed E-state index contributed by atoms with van der Waals surface area (Å²) in [5, 5.41) is 0. The molecule has 2 heterocycles. The lowest BCUT2D eigenvalue weighted by atomic mass is 10.5. The van der Waals surface area contributed by atoms with E-state index < -0.39 is 0 Å². The summed E-state index contributed by atoms with van der Waals surface area (Å²) in [5.41, 5.74) is 0. The van der Waals surface area contributed by atoms with Crippen molar-refractivity contribution >= 4 is 11.3 Å². The van der Waals surface area contributed by atoms with Crippen LogP contribution in [0.2, 0.25) is 0 Å². The molecule has 14 heavy (non-hydrogen) atoms. The highest BCUT2D eigenvalue weighted by Gasteiger charge is 1.85. The van der Waals surface area contributed by atoms with E-state index in [4.69, 9.17) is 4.42 Å². The number of hydrogen-bond donors (Lipinski definition) is 0. The Morgan fingerprint density at radius 3 is 1.36 bits per heavy atom. The van der Waals surface area contributed by atoms with Crippen molar-refractivity contribution in [1.82, 2.24) is 0 Å². The zero-order chi connectivity index (χ0) is 10.6. The average Bonchev–Trinajstić information content (AvgIpc) is 2.63. The Morgan fingerprint density at radius 2 is 1.21 bits per heavy atom. The van der Waals surface area contributed by atoms with E-state index in [1.807, 2.05) is 37.3 Å². The van der Waals surface area contributed by atoms with Gasteiger partial charge < -0.3 is 4.42 Å². The second-order valence-corrected chi connectivity index (χ2v) is 4.81. The number of rotatable bonds is 0. The molecular formula is C12H16OS. The molecule has 0 radical (unpaired) electrons. The van der Waals surface area contributed by atoms with E-state index in [-0.39, 0.29) is 0 Å². The van der Waals surface area contributed by atoms with Crippen LogP contribution in [0.25, 0.3) is 0 Å². The van der Waals surface area contributed by atoms with Gasteiger partial charge in [-0.25, -0.2) is 0 Å². The van der Waals surface area contributed by atoms with Gasteiger partial charge in [0, 0.05) is 9.75 Å². The summed E-state index contributed by atoms with van der Waals surface area (Å²) in [6, 6.07) is 8.19. The van der Waals surface area contributed by atoms with Gasteiger partial charge in [-0.2, -0.15) is 0 Å². The third-order valence-corrected chi connectivity index (χ3v) is 2.67. The third kappa shape index (κ3) is 3.79. The highest BCUT2D eigenvalue weighted by atomic mass is 32.1. The summed E-state index contributed by atoms with van der Waals surface area (Å²) in [6.45, 7) is 8.12. The molecule has 0 saturated heterocycles. The average molecular weight is 208 g/mol. The van der Waals surface area contributed by atoms with Gasteiger partial charge in [0.25, 0.3) is 0 Å². The Bertz CT molecular complexity index is 313. The van der Waals surface area contributed by atoms with Gasteiger partial charge in [-0.05, 0) is 52.0 Å². The predicted octanol–water partition coefficient (Wildman–Crippen LogP) is 4.26. The van der Waals surface area contributed by atoms with Gasteiger partial charge in [0.1, 0.15) is 11.5 Å². The molecule has 2 heteroatoms. The SMILES string of the molecule is Cc1ccc(C)o1.Cc1ccc(C)s1. The number of furan rings is 1. The van der Waals surface area contributed by atoms with Gasteiger partial charge in [-0.3, -0.25) is 0 Å². The van der Waals surface area contributed by atoms with Crippen molar-refractivity contribution in [3.8, 4) is 0 Å². The fourth-order valence-electron chi connectivity index (χ4n) is 1.11. The minimum absolute atomic E-state index is 0.984. The van der Waals surface area contributed by atoms with Gasteiger partial charge in [-0.15, -0.1) is 11.3 Å². The molecule has 1 nitrogen and oxygen atoms in total. The summed E-state index contributed by atoms with van der Waals surface area (Å²) in [6.07, 6.45) is 0. The molecule has 0 spiro atoms. The smallest absolute Gasteiger partial charge is 0.101 e. The van der Waals surface area contributed by atoms with E-state index in [0.29, 0.717) is 0 Å². The lowest BCUT2D eigenvalue weighted by molar-refractivity contribution is 0.504. The van der Waals surface area contributed by atoms with Crippen LogP contribution >= 0.6 is 11.3 Å². The van der Waals surface area contributed by atoms with Gasteiger partial charge in [0.2, 0.25) is 0 Å². The van der Waals surface area contributed by atoms with Gasteiger partial charge in [-0.1, -0.05) is 0 Å². The van der Waals surface area contributed by atoms with Crippen LogP contribution in [0, 0.1) is 27.7 Å². The molecule has 0 N–H and O–H groups in total. The second kappa shape index (κ2) is 5.01. The van der Waals surface area contributed by atoms with Crippen LogP contribution in [0.3, 0.4) is 0 Å². The molecule has 2 rings (SSSR count). The fraction of sp³-hybridized carbons (Fsp3) is 0.333. The minimum atomic E-state index is 0.984. The van der Waals surface area contributed by atoms with E-state index in [1.54, 1.807) is 0 Å². The second-order valence-electron chi connectivity index (χ2n) is 3.31. The zero-order valence-electron chi connectivity index (χ0n) is 9.13. The summed E-state index contributed by atoms with van der Waals surface area (Å²) in [5.74, 6) is 1.97. The van der Waals surface area contributed by atoms with Crippen molar-refractivity contribution in [2.45, 2.75) is 27.7 Å². The molecule has 0 aliphatic carbocycles. The number of aryl methyl sites for hydroxylation is 4. The molecule has 2 aromatic heterocycles. The van der Waals surface area contributed by atoms with Crippen molar-refractivity contribution in [3.05, 3.63) is 45.5 Å². The first-order valence-corrected chi connectivity index (χ1v) is 5.45. The summed E-state index contributed by atoms with van der Waals surface area (Å²) >= 11 is 1.84. The van der Waals surface area contributed by atoms with E-state index in [9.17, 15) is 0 Å². The Morgan fingerprint density at radius 1 is 0.786 bits per heavy atom. The topological polar surface area (TPSA) is 13.1 Å². The van der Waals surface area contributed by atoms with Gasteiger partial charge in [0.05, 0.1) is 0 Å². The van der Waals surface area contributed by atoms with Crippen molar-refractivity contribution in [2.75, 3.05) is 0 Å². The van der Waals surface area contributed by atoms with Crippen molar-refractivity contribution in [3.63, 3.8) is 0 Å². The third-order valence-electron chi connectivity index (χ3n) is 1.75. The summed E-state index contributed by atoms with van der Waals surface area (Å²) in [7, 11) is 0. The Hall–Kier alpha value is -1.02. The minimum Gasteiger partial charge on any atom is -0.467 e. The molecule has 0 atom stereocenters. The maximum atomic E-state index is 5.08. The first kappa shape index (κ1) is 11.1. The summed E-state index contributed by atoms with van der Waals surface area (Å²) < 4.78 is 5.08. The first-order valence-electron chi connectivity index (χ1n) is 4.64. The number of hydrogen-bond acceptors (Lipinski definition) is 2. The predicted molar refractivity (Wildman–Crippen MR) is 62.0 cm³/mol. The monoisotopic (exact) mass is 208 g/mol. The van der Waals surface area contributed by atoms with Crippen LogP contribution in [0.1, 0.15) is 21.3 Å². The number of thiophene rings is 1.